The Morgan fingerprint density at radius 3 is 2.70 bits per heavy atom. The molecular weight excluding hydrogens is 362 g/mol. The van der Waals surface area contributed by atoms with E-state index in [0.717, 1.165) is 11.3 Å². The summed E-state index contributed by atoms with van der Waals surface area (Å²) in [5, 5.41) is 15.4. The third kappa shape index (κ3) is 5.27. The molecule has 0 aliphatic rings. The van der Waals surface area contributed by atoms with E-state index in [9.17, 15) is 4.79 Å². The van der Waals surface area contributed by atoms with Crippen LogP contribution in [0.3, 0.4) is 0 Å². The maximum absolute atomic E-state index is 12.3. The highest BCUT2D eigenvalue weighted by molar-refractivity contribution is 6.30. The fourth-order valence-electron chi connectivity index (χ4n) is 2.41. The highest BCUT2D eigenvalue weighted by Crippen LogP contribution is 2.14. The average Bonchev–Trinajstić information content (AvgIpc) is 2.69. The normalized spacial score (nSPS) is 10.1. The summed E-state index contributed by atoms with van der Waals surface area (Å²) in [6.07, 6.45) is 2.19. The molecule has 3 aromatic rings. The second kappa shape index (κ2) is 8.79. The summed E-state index contributed by atoms with van der Waals surface area (Å²) in [5.74, 6) is 0.0319. The molecule has 0 saturated heterocycles. The molecule has 0 unspecified atom stereocenters. The molecule has 0 fully saturated rings. The molecule has 7 heteroatoms. The molecule has 0 saturated carbocycles. The van der Waals surface area contributed by atoms with Gasteiger partial charge in [-0.25, -0.2) is 9.97 Å². The van der Waals surface area contributed by atoms with Crippen LogP contribution in [-0.2, 0) is 6.42 Å². The molecule has 134 valence electrons. The van der Waals surface area contributed by atoms with E-state index >= 15 is 0 Å². The number of nitrogens with one attached hydrogen (secondary N) is 2. The van der Waals surface area contributed by atoms with E-state index in [4.69, 9.17) is 16.9 Å². The first-order valence-electron chi connectivity index (χ1n) is 8.27. The first-order valence-corrected chi connectivity index (χ1v) is 8.65. The van der Waals surface area contributed by atoms with Gasteiger partial charge in [-0.2, -0.15) is 5.26 Å². The molecule has 1 amide bonds. The second-order valence-corrected chi connectivity index (χ2v) is 6.15. The molecule has 2 aromatic carbocycles. The van der Waals surface area contributed by atoms with Gasteiger partial charge in [0.1, 0.15) is 5.69 Å². The molecule has 3 rings (SSSR count). The molecule has 0 aliphatic carbocycles. The van der Waals surface area contributed by atoms with Crippen molar-refractivity contribution in [3.05, 3.63) is 82.6 Å². The average molecular weight is 378 g/mol. The van der Waals surface area contributed by atoms with Gasteiger partial charge in [0.15, 0.2) is 0 Å². The van der Waals surface area contributed by atoms with Crippen molar-refractivity contribution < 1.29 is 4.79 Å². The maximum atomic E-state index is 12.3. The molecule has 0 aliphatic heterocycles. The van der Waals surface area contributed by atoms with Gasteiger partial charge >= 0.3 is 0 Å². The number of aromatic nitrogens is 2. The van der Waals surface area contributed by atoms with Crippen LogP contribution in [0.5, 0.6) is 0 Å². The Bertz CT molecular complexity index is 982. The Hall–Kier alpha value is -3.43. The van der Waals surface area contributed by atoms with Gasteiger partial charge in [0, 0.05) is 23.5 Å². The fourth-order valence-corrected chi connectivity index (χ4v) is 2.62. The lowest BCUT2D eigenvalue weighted by Crippen LogP contribution is -2.26. The van der Waals surface area contributed by atoms with E-state index in [-0.39, 0.29) is 11.6 Å². The Labute approximate surface area is 161 Å². The lowest BCUT2D eigenvalue weighted by atomic mass is 10.1. The number of benzene rings is 2. The van der Waals surface area contributed by atoms with Crippen molar-refractivity contribution in [1.29, 1.82) is 5.26 Å². The first-order chi connectivity index (χ1) is 13.1. The summed E-state index contributed by atoms with van der Waals surface area (Å²) in [7, 11) is 0. The summed E-state index contributed by atoms with van der Waals surface area (Å²) in [4.78, 5) is 20.6. The molecule has 2 N–H and O–H groups in total. The Morgan fingerprint density at radius 2 is 1.96 bits per heavy atom. The zero-order valence-corrected chi connectivity index (χ0v) is 15.1. The zero-order chi connectivity index (χ0) is 19.1. The lowest BCUT2D eigenvalue weighted by Gasteiger charge is -2.08. The number of nitrogens with zero attached hydrogens (tertiary/aromatic N) is 3. The Kier molecular flexibility index (Phi) is 5.98. The van der Waals surface area contributed by atoms with Crippen molar-refractivity contribution in [3.8, 4) is 6.07 Å². The third-order valence-corrected chi connectivity index (χ3v) is 3.98. The van der Waals surface area contributed by atoms with Crippen molar-refractivity contribution in [2.24, 2.45) is 0 Å². The van der Waals surface area contributed by atoms with Gasteiger partial charge in [-0.15, -0.1) is 0 Å². The molecule has 0 atom stereocenters. The van der Waals surface area contributed by atoms with Crippen LogP contribution in [0, 0.1) is 11.3 Å². The van der Waals surface area contributed by atoms with Crippen molar-refractivity contribution in [2.75, 3.05) is 11.9 Å². The van der Waals surface area contributed by atoms with Crippen LogP contribution >= 0.6 is 11.6 Å². The molecule has 1 aromatic heterocycles. The number of anilines is 2. The predicted molar refractivity (Wildman–Crippen MR) is 104 cm³/mol. The van der Waals surface area contributed by atoms with Crippen LogP contribution in [0.2, 0.25) is 5.02 Å². The number of hydrogen-bond donors (Lipinski definition) is 2. The number of rotatable bonds is 6. The van der Waals surface area contributed by atoms with Crippen molar-refractivity contribution in [3.63, 3.8) is 0 Å². The Morgan fingerprint density at radius 1 is 1.15 bits per heavy atom. The first kappa shape index (κ1) is 18.4. The van der Waals surface area contributed by atoms with E-state index in [2.05, 4.69) is 26.7 Å². The molecule has 1 heterocycles. The minimum absolute atomic E-state index is 0.271. The van der Waals surface area contributed by atoms with E-state index in [0.29, 0.717) is 29.5 Å². The van der Waals surface area contributed by atoms with Gasteiger partial charge in [-0.05, 0) is 54.4 Å². The standard InChI is InChI=1S/C20H16ClN5O/c21-16-3-1-2-14(12-16)8-10-23-19(27)18-9-11-24-20(26-18)25-17-6-4-15(13-22)5-7-17/h1-7,9,11-12H,8,10H2,(H,23,27)(H,24,25,26). The summed E-state index contributed by atoms with van der Waals surface area (Å²) in [5.41, 5.74) is 2.61. The van der Waals surface area contributed by atoms with E-state index in [1.807, 2.05) is 24.3 Å². The lowest BCUT2D eigenvalue weighted by molar-refractivity contribution is 0.0949. The quantitative estimate of drug-likeness (QED) is 0.683. The number of nitriles is 1. The minimum atomic E-state index is -0.276. The molecule has 0 bridgehead atoms. The van der Waals surface area contributed by atoms with Crippen molar-refractivity contribution in [1.82, 2.24) is 15.3 Å². The maximum Gasteiger partial charge on any atom is 0.270 e. The van der Waals surface area contributed by atoms with Gasteiger partial charge < -0.3 is 10.6 Å². The minimum Gasteiger partial charge on any atom is -0.350 e. The van der Waals surface area contributed by atoms with E-state index in [1.165, 1.54) is 6.20 Å². The smallest absolute Gasteiger partial charge is 0.270 e. The zero-order valence-electron chi connectivity index (χ0n) is 14.3. The van der Waals surface area contributed by atoms with Crippen LogP contribution in [0.15, 0.2) is 60.8 Å². The predicted octanol–water partition coefficient (Wildman–Crippen LogP) is 3.72. The summed E-state index contributed by atoms with van der Waals surface area (Å²) >= 11 is 5.96. The van der Waals surface area contributed by atoms with Crippen LogP contribution < -0.4 is 10.6 Å². The van der Waals surface area contributed by atoms with E-state index in [1.54, 1.807) is 30.3 Å². The van der Waals surface area contributed by atoms with Gasteiger partial charge in [0.2, 0.25) is 5.95 Å². The summed E-state index contributed by atoms with van der Waals surface area (Å²) in [6, 6.07) is 18.0. The van der Waals surface area contributed by atoms with Gasteiger partial charge in [0.25, 0.3) is 5.91 Å². The number of amides is 1. The molecule has 0 spiro atoms. The van der Waals surface area contributed by atoms with Gasteiger partial charge in [-0.1, -0.05) is 23.7 Å². The largest absolute Gasteiger partial charge is 0.350 e. The molecule has 27 heavy (non-hydrogen) atoms. The number of halogens is 1. The Balaban J connectivity index is 1.58. The van der Waals surface area contributed by atoms with Crippen LogP contribution in [0.4, 0.5) is 11.6 Å². The molecular formula is C20H16ClN5O. The van der Waals surface area contributed by atoms with E-state index < -0.39 is 0 Å². The topological polar surface area (TPSA) is 90.7 Å². The van der Waals surface area contributed by atoms with Crippen LogP contribution in [0.1, 0.15) is 21.6 Å². The van der Waals surface area contributed by atoms with Crippen molar-refractivity contribution >= 4 is 29.1 Å². The number of carbonyl (C=O) groups excluding carboxylic acids is 1. The monoisotopic (exact) mass is 377 g/mol. The van der Waals surface area contributed by atoms with Crippen LogP contribution in [0.25, 0.3) is 0 Å². The van der Waals surface area contributed by atoms with Crippen LogP contribution in [-0.4, -0.2) is 22.4 Å². The number of hydrogen-bond acceptors (Lipinski definition) is 5. The van der Waals surface area contributed by atoms with Gasteiger partial charge in [-0.3, -0.25) is 4.79 Å². The van der Waals surface area contributed by atoms with Crippen molar-refractivity contribution in [2.45, 2.75) is 6.42 Å². The van der Waals surface area contributed by atoms with Gasteiger partial charge in [0.05, 0.1) is 11.6 Å². The SMILES string of the molecule is N#Cc1ccc(Nc2nccc(C(=O)NCCc3cccc(Cl)c3)n2)cc1. The second-order valence-electron chi connectivity index (χ2n) is 5.72. The fraction of sp³-hybridized carbons (Fsp3) is 0.100. The summed E-state index contributed by atoms with van der Waals surface area (Å²) < 4.78 is 0. The third-order valence-electron chi connectivity index (χ3n) is 3.75. The molecule has 0 radical (unpaired) electrons. The number of carbonyl (C=O) groups is 1. The summed E-state index contributed by atoms with van der Waals surface area (Å²) in [6.45, 7) is 0.474. The highest BCUT2D eigenvalue weighted by atomic mass is 35.5. The highest BCUT2D eigenvalue weighted by Gasteiger charge is 2.09. The molecule has 6 nitrogen and oxygen atoms in total.